The van der Waals surface area contributed by atoms with Crippen LogP contribution in [0, 0.1) is 11.6 Å². The number of nitrogens with two attached hydrogens (primary N) is 1. The molecule has 1 atom stereocenters. The Kier molecular flexibility index (Phi) is 3.53. The zero-order valence-corrected chi connectivity index (χ0v) is 7.32. The smallest absolute Gasteiger partial charge is 0.159 e. The maximum atomic E-state index is 12.7. The van der Waals surface area contributed by atoms with Crippen LogP contribution in [0.5, 0.6) is 0 Å². The van der Waals surface area contributed by atoms with E-state index in [4.69, 9.17) is 10.9 Å². The fraction of sp³-hybridized carbons (Fsp3) is 0.222. The number of halogens is 2. The van der Waals surface area contributed by atoms with Gasteiger partial charge in [0.1, 0.15) is 0 Å². The topological polar surface area (TPSA) is 58.6 Å². The molecule has 3 nitrogen and oxygen atoms in total. The Morgan fingerprint density at radius 1 is 1.43 bits per heavy atom. The fourth-order valence-corrected chi connectivity index (χ4v) is 1.08. The van der Waals surface area contributed by atoms with Gasteiger partial charge in [0, 0.05) is 6.04 Å². The zero-order chi connectivity index (χ0) is 10.6. The first-order chi connectivity index (χ1) is 6.63. The zero-order valence-electron chi connectivity index (χ0n) is 7.32. The molecule has 14 heavy (non-hydrogen) atoms. The van der Waals surface area contributed by atoms with Crippen molar-refractivity contribution in [3.63, 3.8) is 0 Å². The van der Waals surface area contributed by atoms with Gasteiger partial charge in [-0.15, -0.1) is 5.16 Å². The summed E-state index contributed by atoms with van der Waals surface area (Å²) in [5.41, 5.74) is 6.03. The molecule has 0 aromatic heterocycles. The predicted molar refractivity (Wildman–Crippen MR) is 48.3 cm³/mol. The summed E-state index contributed by atoms with van der Waals surface area (Å²) in [6.07, 6.45) is 1.42. The van der Waals surface area contributed by atoms with Crippen LogP contribution in [0.15, 0.2) is 23.4 Å². The lowest BCUT2D eigenvalue weighted by atomic mass is 10.1. The third kappa shape index (κ3) is 2.77. The summed E-state index contributed by atoms with van der Waals surface area (Å²) in [6.45, 7) is 0. The standard InChI is InChI=1S/C9H10F2N2O/c10-8-2-1-6(4-9(8)11)3-7(12)5-13-14/h1-2,4-5,7,14H,3,12H2/b13-5-. The maximum Gasteiger partial charge on any atom is 0.159 e. The van der Waals surface area contributed by atoms with Crippen LogP contribution in [0.2, 0.25) is 0 Å². The summed E-state index contributed by atoms with van der Waals surface area (Å²) in [5, 5.41) is 10.9. The van der Waals surface area contributed by atoms with Crippen molar-refractivity contribution in [1.82, 2.24) is 0 Å². The molecule has 0 spiro atoms. The van der Waals surface area contributed by atoms with Crippen molar-refractivity contribution < 1.29 is 14.0 Å². The second kappa shape index (κ2) is 4.66. The Balaban J connectivity index is 2.73. The molecule has 1 rings (SSSR count). The number of nitrogens with zero attached hydrogens (tertiary/aromatic N) is 1. The Bertz CT molecular complexity index is 342. The molecule has 5 heteroatoms. The molecule has 0 amide bonds. The van der Waals surface area contributed by atoms with E-state index in [0.29, 0.717) is 12.0 Å². The molecular weight excluding hydrogens is 190 g/mol. The van der Waals surface area contributed by atoms with Gasteiger partial charge in [-0.05, 0) is 24.1 Å². The van der Waals surface area contributed by atoms with Gasteiger partial charge in [-0.1, -0.05) is 6.07 Å². The van der Waals surface area contributed by atoms with Gasteiger partial charge in [-0.25, -0.2) is 8.78 Å². The number of benzene rings is 1. The van der Waals surface area contributed by atoms with Gasteiger partial charge in [0.05, 0.1) is 6.21 Å². The average Bonchev–Trinajstić information content (AvgIpc) is 2.12. The number of hydrogen-bond donors (Lipinski definition) is 2. The van der Waals surface area contributed by atoms with Gasteiger partial charge < -0.3 is 10.9 Å². The number of rotatable bonds is 3. The van der Waals surface area contributed by atoms with Gasteiger partial charge in [0.15, 0.2) is 11.6 Å². The Labute approximate surface area is 79.8 Å². The van der Waals surface area contributed by atoms with Crippen molar-refractivity contribution in [3.05, 3.63) is 35.4 Å². The largest absolute Gasteiger partial charge is 0.411 e. The first-order valence-electron chi connectivity index (χ1n) is 4.00. The van der Waals surface area contributed by atoms with E-state index in [1.807, 2.05) is 0 Å². The molecule has 0 heterocycles. The van der Waals surface area contributed by atoms with E-state index in [1.54, 1.807) is 0 Å². The molecule has 1 aromatic rings. The average molecular weight is 200 g/mol. The van der Waals surface area contributed by atoms with E-state index in [0.717, 1.165) is 18.3 Å². The summed E-state index contributed by atoms with van der Waals surface area (Å²) < 4.78 is 25.2. The summed E-state index contributed by atoms with van der Waals surface area (Å²) in [5.74, 6) is -1.80. The number of hydrogen-bond acceptors (Lipinski definition) is 3. The minimum Gasteiger partial charge on any atom is -0.411 e. The molecule has 0 saturated carbocycles. The Hall–Kier alpha value is -1.49. The van der Waals surface area contributed by atoms with E-state index in [1.165, 1.54) is 6.07 Å². The lowest BCUT2D eigenvalue weighted by Crippen LogP contribution is -2.24. The minimum atomic E-state index is -0.907. The van der Waals surface area contributed by atoms with Crippen LogP contribution in [0.3, 0.4) is 0 Å². The Morgan fingerprint density at radius 2 is 2.14 bits per heavy atom. The third-order valence-electron chi connectivity index (χ3n) is 1.71. The summed E-state index contributed by atoms with van der Waals surface area (Å²) in [7, 11) is 0. The van der Waals surface area contributed by atoms with Gasteiger partial charge in [-0.2, -0.15) is 0 Å². The van der Waals surface area contributed by atoms with Crippen molar-refractivity contribution in [2.75, 3.05) is 0 Å². The van der Waals surface area contributed by atoms with Crippen molar-refractivity contribution >= 4 is 6.21 Å². The molecule has 0 fully saturated rings. The molecule has 0 aliphatic heterocycles. The van der Waals surface area contributed by atoms with Crippen LogP contribution >= 0.6 is 0 Å². The van der Waals surface area contributed by atoms with E-state index in [-0.39, 0.29) is 0 Å². The monoisotopic (exact) mass is 200 g/mol. The van der Waals surface area contributed by atoms with E-state index in [9.17, 15) is 8.78 Å². The van der Waals surface area contributed by atoms with Crippen LogP contribution in [0.1, 0.15) is 5.56 Å². The molecule has 1 unspecified atom stereocenters. The van der Waals surface area contributed by atoms with Crippen LogP contribution in [0.25, 0.3) is 0 Å². The SMILES string of the molecule is NC(/C=N\O)Cc1ccc(F)c(F)c1. The second-order valence-electron chi connectivity index (χ2n) is 2.88. The third-order valence-corrected chi connectivity index (χ3v) is 1.71. The molecule has 0 aliphatic rings. The highest BCUT2D eigenvalue weighted by molar-refractivity contribution is 5.63. The molecule has 1 aromatic carbocycles. The predicted octanol–water partition coefficient (Wildman–Crippen LogP) is 1.29. The fourth-order valence-electron chi connectivity index (χ4n) is 1.08. The molecule has 0 bridgehead atoms. The second-order valence-corrected chi connectivity index (χ2v) is 2.88. The highest BCUT2D eigenvalue weighted by atomic mass is 19.2. The first kappa shape index (κ1) is 10.6. The van der Waals surface area contributed by atoms with Gasteiger partial charge >= 0.3 is 0 Å². The summed E-state index contributed by atoms with van der Waals surface area (Å²) in [6, 6.07) is 3.03. The van der Waals surface area contributed by atoms with Gasteiger partial charge in [0.25, 0.3) is 0 Å². The van der Waals surface area contributed by atoms with Gasteiger partial charge in [-0.3, -0.25) is 0 Å². The highest BCUT2D eigenvalue weighted by Gasteiger charge is 2.05. The van der Waals surface area contributed by atoms with E-state index < -0.39 is 17.7 Å². The maximum absolute atomic E-state index is 12.7. The van der Waals surface area contributed by atoms with Gasteiger partial charge in [0.2, 0.25) is 0 Å². The Morgan fingerprint density at radius 3 is 2.71 bits per heavy atom. The number of oxime groups is 1. The molecule has 0 radical (unpaired) electrons. The summed E-state index contributed by atoms with van der Waals surface area (Å²) in [4.78, 5) is 0. The van der Waals surface area contributed by atoms with Crippen LogP contribution in [-0.2, 0) is 6.42 Å². The van der Waals surface area contributed by atoms with Crippen molar-refractivity contribution in [3.8, 4) is 0 Å². The molecule has 0 saturated heterocycles. The van der Waals surface area contributed by atoms with Crippen molar-refractivity contribution in [2.45, 2.75) is 12.5 Å². The molecule has 0 aliphatic carbocycles. The first-order valence-corrected chi connectivity index (χ1v) is 4.00. The molecule has 3 N–H and O–H groups in total. The lowest BCUT2D eigenvalue weighted by Gasteiger charge is -2.05. The highest BCUT2D eigenvalue weighted by Crippen LogP contribution is 2.09. The van der Waals surface area contributed by atoms with Crippen molar-refractivity contribution in [1.29, 1.82) is 0 Å². The van der Waals surface area contributed by atoms with Crippen LogP contribution < -0.4 is 5.73 Å². The van der Waals surface area contributed by atoms with E-state index in [2.05, 4.69) is 5.16 Å². The minimum absolute atomic E-state index is 0.293. The summed E-state index contributed by atoms with van der Waals surface area (Å²) >= 11 is 0. The molecule has 76 valence electrons. The lowest BCUT2D eigenvalue weighted by molar-refractivity contribution is 0.319. The van der Waals surface area contributed by atoms with E-state index >= 15 is 0 Å². The quantitative estimate of drug-likeness (QED) is 0.439. The van der Waals surface area contributed by atoms with Crippen LogP contribution in [-0.4, -0.2) is 17.5 Å². The van der Waals surface area contributed by atoms with Crippen LogP contribution in [0.4, 0.5) is 8.78 Å². The molecular formula is C9H10F2N2O. The normalized spacial score (nSPS) is 13.4. The van der Waals surface area contributed by atoms with Crippen molar-refractivity contribution in [2.24, 2.45) is 10.9 Å².